The Morgan fingerprint density at radius 2 is 1.48 bits per heavy atom. The summed E-state index contributed by atoms with van der Waals surface area (Å²) in [5.74, 6) is 6.03. The van der Waals surface area contributed by atoms with Crippen LogP contribution in [0.25, 0.3) is 11.1 Å². The molecule has 0 aliphatic carbocycles. The van der Waals surface area contributed by atoms with Crippen LogP contribution in [0.4, 0.5) is 5.69 Å². The third kappa shape index (κ3) is 4.77. The van der Waals surface area contributed by atoms with E-state index in [1.807, 2.05) is 85.7 Å². The largest absolute Gasteiger partial charge is 0.377 e. The zero-order valence-corrected chi connectivity index (χ0v) is 15.6. The zero-order valence-electron chi connectivity index (χ0n) is 15.6. The highest BCUT2D eigenvalue weighted by molar-refractivity contribution is 5.94. The third-order valence-corrected chi connectivity index (χ3v) is 4.20. The van der Waals surface area contributed by atoms with Crippen LogP contribution in [0.5, 0.6) is 0 Å². The predicted octanol–water partition coefficient (Wildman–Crippen LogP) is 4.20. The van der Waals surface area contributed by atoms with Gasteiger partial charge in [-0.3, -0.25) is 4.79 Å². The molecule has 3 rings (SSSR count). The Morgan fingerprint density at radius 1 is 0.852 bits per heavy atom. The number of nitrogens with zero attached hydrogens (tertiary/aromatic N) is 1. The molecule has 3 aromatic rings. The highest BCUT2D eigenvalue weighted by atomic mass is 16.1. The van der Waals surface area contributed by atoms with Crippen LogP contribution >= 0.6 is 0 Å². The van der Waals surface area contributed by atoms with Gasteiger partial charge in [-0.05, 0) is 35.4 Å². The highest BCUT2D eigenvalue weighted by Gasteiger charge is 2.05. The molecule has 27 heavy (non-hydrogen) atoms. The Labute approximate surface area is 160 Å². The maximum absolute atomic E-state index is 12.3. The van der Waals surface area contributed by atoms with Gasteiger partial charge in [0.2, 0.25) is 0 Å². The lowest BCUT2D eigenvalue weighted by molar-refractivity contribution is 0.0958. The Kier molecular flexibility index (Phi) is 5.91. The fourth-order valence-electron chi connectivity index (χ4n) is 2.78. The van der Waals surface area contributed by atoms with Gasteiger partial charge in [0.1, 0.15) is 0 Å². The van der Waals surface area contributed by atoms with Gasteiger partial charge in [0.25, 0.3) is 5.91 Å². The molecule has 134 valence electrons. The summed E-state index contributed by atoms with van der Waals surface area (Å²) in [6.45, 7) is 0.307. The molecular formula is C24H22N2O. The Bertz CT molecular complexity index is 965. The molecule has 0 aromatic heterocycles. The smallest absolute Gasteiger partial charge is 0.252 e. The molecule has 0 spiro atoms. The van der Waals surface area contributed by atoms with Crippen LogP contribution in [0.1, 0.15) is 15.9 Å². The van der Waals surface area contributed by atoms with Crippen molar-refractivity contribution >= 4 is 11.6 Å². The molecule has 3 nitrogen and oxygen atoms in total. The van der Waals surface area contributed by atoms with Crippen molar-refractivity contribution in [2.75, 3.05) is 25.5 Å². The van der Waals surface area contributed by atoms with E-state index in [4.69, 9.17) is 0 Å². The molecule has 0 saturated carbocycles. The zero-order chi connectivity index (χ0) is 19.1. The number of carbonyl (C=O) groups excluding carboxylic acids is 1. The van der Waals surface area contributed by atoms with Crippen molar-refractivity contribution in [3.8, 4) is 23.0 Å². The molecule has 0 aliphatic rings. The average molecular weight is 354 g/mol. The molecule has 1 N–H and O–H groups in total. The van der Waals surface area contributed by atoms with Gasteiger partial charge in [0, 0.05) is 25.2 Å². The lowest BCUT2D eigenvalue weighted by Crippen LogP contribution is -2.23. The summed E-state index contributed by atoms with van der Waals surface area (Å²) < 4.78 is 0. The molecule has 3 heteroatoms. The topological polar surface area (TPSA) is 32.3 Å². The second-order valence-electron chi connectivity index (χ2n) is 6.34. The summed E-state index contributed by atoms with van der Waals surface area (Å²) in [6.07, 6.45) is 0. The van der Waals surface area contributed by atoms with Gasteiger partial charge in [-0.1, -0.05) is 66.4 Å². The number of hydrogen-bond donors (Lipinski definition) is 1. The SMILES string of the molecule is CN(C)c1ccccc1C#CCNC(=O)c1ccc(-c2ccccc2)cc1. The highest BCUT2D eigenvalue weighted by Crippen LogP contribution is 2.19. The Balaban J connectivity index is 1.61. The lowest BCUT2D eigenvalue weighted by Gasteiger charge is -2.13. The molecule has 0 heterocycles. The van der Waals surface area contributed by atoms with Gasteiger partial charge < -0.3 is 10.2 Å². The first-order valence-corrected chi connectivity index (χ1v) is 8.84. The Hall–Kier alpha value is -3.51. The first-order valence-electron chi connectivity index (χ1n) is 8.84. The van der Waals surface area contributed by atoms with Gasteiger partial charge in [0.15, 0.2) is 0 Å². The maximum atomic E-state index is 12.3. The fraction of sp³-hybridized carbons (Fsp3) is 0.125. The minimum Gasteiger partial charge on any atom is -0.377 e. The molecule has 1 amide bonds. The summed E-state index contributed by atoms with van der Waals surface area (Å²) in [5, 5.41) is 2.85. The summed E-state index contributed by atoms with van der Waals surface area (Å²) in [4.78, 5) is 14.3. The number of para-hydroxylation sites is 1. The van der Waals surface area contributed by atoms with Crippen LogP contribution in [-0.4, -0.2) is 26.5 Å². The van der Waals surface area contributed by atoms with Gasteiger partial charge in [0.05, 0.1) is 12.2 Å². The number of carbonyl (C=O) groups is 1. The van der Waals surface area contributed by atoms with Gasteiger partial charge in [-0.2, -0.15) is 0 Å². The third-order valence-electron chi connectivity index (χ3n) is 4.20. The molecular weight excluding hydrogens is 332 g/mol. The number of benzene rings is 3. The van der Waals surface area contributed by atoms with E-state index in [-0.39, 0.29) is 5.91 Å². The molecule has 0 bridgehead atoms. The molecule has 0 fully saturated rings. The van der Waals surface area contributed by atoms with Crippen molar-refractivity contribution in [1.82, 2.24) is 5.32 Å². The van der Waals surface area contributed by atoms with Crippen molar-refractivity contribution < 1.29 is 4.79 Å². The van der Waals surface area contributed by atoms with Crippen LogP contribution < -0.4 is 10.2 Å². The van der Waals surface area contributed by atoms with Gasteiger partial charge in [-0.25, -0.2) is 0 Å². The average Bonchev–Trinajstić information content (AvgIpc) is 2.72. The maximum Gasteiger partial charge on any atom is 0.252 e. The summed E-state index contributed by atoms with van der Waals surface area (Å²) in [5.41, 5.74) is 4.86. The van der Waals surface area contributed by atoms with E-state index in [1.54, 1.807) is 0 Å². The van der Waals surface area contributed by atoms with Gasteiger partial charge in [-0.15, -0.1) is 0 Å². The van der Waals surface area contributed by atoms with Crippen molar-refractivity contribution in [1.29, 1.82) is 0 Å². The number of anilines is 1. The monoisotopic (exact) mass is 354 g/mol. The van der Waals surface area contributed by atoms with E-state index >= 15 is 0 Å². The van der Waals surface area contributed by atoms with E-state index in [0.717, 1.165) is 22.4 Å². The summed E-state index contributed by atoms with van der Waals surface area (Å²) in [7, 11) is 3.97. The molecule has 3 aromatic carbocycles. The quantitative estimate of drug-likeness (QED) is 0.712. The van der Waals surface area contributed by atoms with E-state index in [0.29, 0.717) is 12.1 Å². The fourth-order valence-corrected chi connectivity index (χ4v) is 2.78. The predicted molar refractivity (Wildman–Crippen MR) is 112 cm³/mol. The number of hydrogen-bond acceptors (Lipinski definition) is 2. The summed E-state index contributed by atoms with van der Waals surface area (Å²) in [6, 6.07) is 25.7. The molecule has 0 atom stereocenters. The number of nitrogens with one attached hydrogen (secondary N) is 1. The van der Waals surface area contributed by atoms with E-state index in [2.05, 4.69) is 29.3 Å². The number of amides is 1. The normalized spacial score (nSPS) is 9.85. The molecule has 0 unspecified atom stereocenters. The van der Waals surface area contributed by atoms with Gasteiger partial charge >= 0.3 is 0 Å². The van der Waals surface area contributed by atoms with Crippen molar-refractivity contribution in [3.63, 3.8) is 0 Å². The first kappa shape index (κ1) is 18.3. The molecule has 0 aliphatic heterocycles. The number of rotatable bonds is 4. The van der Waals surface area contributed by atoms with Crippen LogP contribution in [0.3, 0.4) is 0 Å². The van der Waals surface area contributed by atoms with Crippen LogP contribution in [0.15, 0.2) is 78.9 Å². The first-order chi connectivity index (χ1) is 13.1. The molecule has 0 saturated heterocycles. The lowest BCUT2D eigenvalue weighted by atomic mass is 10.0. The molecule has 0 radical (unpaired) electrons. The van der Waals surface area contributed by atoms with E-state index < -0.39 is 0 Å². The van der Waals surface area contributed by atoms with Crippen molar-refractivity contribution in [3.05, 3.63) is 90.0 Å². The van der Waals surface area contributed by atoms with Crippen molar-refractivity contribution in [2.24, 2.45) is 0 Å². The minimum atomic E-state index is -0.121. The summed E-state index contributed by atoms with van der Waals surface area (Å²) >= 11 is 0. The van der Waals surface area contributed by atoms with Crippen LogP contribution in [-0.2, 0) is 0 Å². The van der Waals surface area contributed by atoms with E-state index in [1.165, 1.54) is 0 Å². The van der Waals surface area contributed by atoms with Crippen LogP contribution in [0, 0.1) is 11.8 Å². The Morgan fingerprint density at radius 3 is 2.19 bits per heavy atom. The van der Waals surface area contributed by atoms with E-state index in [9.17, 15) is 4.79 Å². The standard InChI is InChI=1S/C24H22N2O/c1-26(2)23-13-7-6-11-21(23)12-8-18-25-24(27)22-16-14-20(15-17-22)19-9-4-3-5-10-19/h3-7,9-11,13-17H,18H2,1-2H3,(H,25,27). The van der Waals surface area contributed by atoms with Crippen molar-refractivity contribution in [2.45, 2.75) is 0 Å². The second-order valence-corrected chi connectivity index (χ2v) is 6.34. The van der Waals surface area contributed by atoms with Crippen LogP contribution in [0.2, 0.25) is 0 Å². The minimum absolute atomic E-state index is 0.121. The second kappa shape index (κ2) is 8.73.